The Labute approximate surface area is 148 Å². The molecule has 4 rings (SSSR count). The fourth-order valence-electron chi connectivity index (χ4n) is 2.83. The van der Waals surface area contributed by atoms with Crippen molar-refractivity contribution < 1.29 is 4.79 Å². The van der Waals surface area contributed by atoms with E-state index in [4.69, 9.17) is 0 Å². The van der Waals surface area contributed by atoms with Crippen LogP contribution < -0.4 is 11.0 Å². The zero-order valence-corrected chi connectivity index (χ0v) is 14.3. The number of benzene rings is 2. The topological polar surface area (TPSA) is 95.6 Å². The van der Waals surface area contributed by atoms with Gasteiger partial charge in [0, 0.05) is 11.6 Å². The van der Waals surface area contributed by atoms with Crippen LogP contribution in [0.15, 0.2) is 53.3 Å². The SMILES string of the molecule is Cc1ccc(-n2nc(C)cc2NC(=O)c2ccc3[nH]c(=O)[nH]c3c2)cc1. The minimum absolute atomic E-state index is 0.276. The van der Waals surface area contributed by atoms with Crippen LogP contribution in [0.25, 0.3) is 16.7 Å². The third-order valence-electron chi connectivity index (χ3n) is 4.13. The van der Waals surface area contributed by atoms with E-state index in [0.717, 1.165) is 16.9 Å². The fourth-order valence-corrected chi connectivity index (χ4v) is 2.83. The molecule has 2 heterocycles. The van der Waals surface area contributed by atoms with E-state index in [0.29, 0.717) is 22.4 Å². The van der Waals surface area contributed by atoms with Crippen LogP contribution in [-0.4, -0.2) is 25.7 Å². The highest BCUT2D eigenvalue weighted by Crippen LogP contribution is 2.19. The van der Waals surface area contributed by atoms with Crippen molar-refractivity contribution in [3.05, 3.63) is 75.8 Å². The molecule has 0 radical (unpaired) electrons. The largest absolute Gasteiger partial charge is 0.323 e. The predicted molar refractivity (Wildman–Crippen MR) is 99.9 cm³/mol. The maximum absolute atomic E-state index is 12.7. The Morgan fingerprint density at radius 1 is 1.00 bits per heavy atom. The number of nitrogens with one attached hydrogen (secondary N) is 3. The van der Waals surface area contributed by atoms with Gasteiger partial charge in [-0.3, -0.25) is 4.79 Å². The second kappa shape index (κ2) is 6.03. The summed E-state index contributed by atoms with van der Waals surface area (Å²) in [6, 6.07) is 14.7. The monoisotopic (exact) mass is 347 g/mol. The molecule has 0 bridgehead atoms. The van der Waals surface area contributed by atoms with Gasteiger partial charge in [0.05, 0.1) is 22.4 Å². The average Bonchev–Trinajstić information content (AvgIpc) is 3.16. The summed E-state index contributed by atoms with van der Waals surface area (Å²) in [4.78, 5) is 29.3. The summed E-state index contributed by atoms with van der Waals surface area (Å²) in [6.07, 6.45) is 0. The van der Waals surface area contributed by atoms with Gasteiger partial charge in [-0.05, 0) is 44.2 Å². The highest BCUT2D eigenvalue weighted by molar-refractivity contribution is 6.05. The second-order valence-corrected chi connectivity index (χ2v) is 6.21. The normalized spacial score (nSPS) is 11.0. The molecule has 0 saturated heterocycles. The van der Waals surface area contributed by atoms with Crippen LogP contribution in [0, 0.1) is 13.8 Å². The van der Waals surface area contributed by atoms with Gasteiger partial charge in [0.15, 0.2) is 0 Å². The van der Waals surface area contributed by atoms with Crippen molar-refractivity contribution in [2.45, 2.75) is 13.8 Å². The van der Waals surface area contributed by atoms with Gasteiger partial charge in [-0.2, -0.15) is 5.10 Å². The van der Waals surface area contributed by atoms with Gasteiger partial charge in [0.25, 0.3) is 5.91 Å². The number of fused-ring (bicyclic) bond motifs is 1. The smallest absolute Gasteiger partial charge is 0.306 e. The summed E-state index contributed by atoms with van der Waals surface area (Å²) in [5.41, 5.74) is 4.21. The summed E-state index contributed by atoms with van der Waals surface area (Å²) >= 11 is 0. The number of carbonyl (C=O) groups excluding carboxylic acids is 1. The summed E-state index contributed by atoms with van der Waals surface area (Å²) in [5, 5.41) is 7.35. The summed E-state index contributed by atoms with van der Waals surface area (Å²) in [5.74, 6) is 0.307. The third-order valence-corrected chi connectivity index (χ3v) is 4.13. The van der Waals surface area contributed by atoms with Crippen molar-refractivity contribution in [1.82, 2.24) is 19.7 Å². The van der Waals surface area contributed by atoms with E-state index >= 15 is 0 Å². The number of imidazole rings is 1. The number of amides is 1. The average molecular weight is 347 g/mol. The molecule has 7 nitrogen and oxygen atoms in total. The number of aryl methyl sites for hydroxylation is 2. The molecule has 0 fully saturated rings. The number of hydrogen-bond acceptors (Lipinski definition) is 3. The summed E-state index contributed by atoms with van der Waals surface area (Å²) in [6.45, 7) is 3.89. The minimum atomic E-state index is -0.300. The van der Waals surface area contributed by atoms with Gasteiger partial charge >= 0.3 is 5.69 Å². The van der Waals surface area contributed by atoms with E-state index in [9.17, 15) is 9.59 Å². The molecule has 130 valence electrons. The molecular formula is C19H17N5O2. The standard InChI is InChI=1S/C19H17N5O2/c1-11-3-6-14(7-4-11)24-17(9-12(2)23-24)22-18(25)13-5-8-15-16(10-13)21-19(26)20-15/h3-10H,1-2H3,(H,22,25)(H2,20,21,26). The first-order valence-electron chi connectivity index (χ1n) is 8.17. The lowest BCUT2D eigenvalue weighted by Crippen LogP contribution is -2.15. The molecule has 4 aromatic rings. The third kappa shape index (κ3) is 2.90. The molecule has 0 unspecified atom stereocenters. The molecular weight excluding hydrogens is 330 g/mol. The number of carbonyl (C=O) groups is 1. The molecule has 2 aromatic carbocycles. The molecule has 0 atom stereocenters. The molecule has 0 aliphatic rings. The van der Waals surface area contributed by atoms with E-state index in [1.165, 1.54) is 0 Å². The number of nitrogens with zero attached hydrogens (tertiary/aromatic N) is 2. The first-order chi connectivity index (χ1) is 12.5. The molecule has 0 saturated carbocycles. The van der Waals surface area contributed by atoms with Crippen LogP contribution in [0.1, 0.15) is 21.6 Å². The van der Waals surface area contributed by atoms with Crippen molar-refractivity contribution in [1.29, 1.82) is 0 Å². The van der Waals surface area contributed by atoms with Crippen LogP contribution in [0.5, 0.6) is 0 Å². The van der Waals surface area contributed by atoms with Gasteiger partial charge in [-0.15, -0.1) is 0 Å². The fraction of sp³-hybridized carbons (Fsp3) is 0.105. The maximum atomic E-state index is 12.7. The molecule has 26 heavy (non-hydrogen) atoms. The second-order valence-electron chi connectivity index (χ2n) is 6.21. The molecule has 3 N–H and O–H groups in total. The Bertz CT molecular complexity index is 1160. The highest BCUT2D eigenvalue weighted by Gasteiger charge is 2.13. The van der Waals surface area contributed by atoms with E-state index in [2.05, 4.69) is 20.4 Å². The Morgan fingerprint density at radius 2 is 1.73 bits per heavy atom. The van der Waals surface area contributed by atoms with E-state index in [1.54, 1.807) is 22.9 Å². The van der Waals surface area contributed by atoms with E-state index < -0.39 is 0 Å². The number of anilines is 1. The van der Waals surface area contributed by atoms with Crippen molar-refractivity contribution in [2.24, 2.45) is 0 Å². The van der Waals surface area contributed by atoms with E-state index in [-0.39, 0.29) is 11.6 Å². The zero-order chi connectivity index (χ0) is 18.3. The van der Waals surface area contributed by atoms with Gasteiger partial charge < -0.3 is 15.3 Å². The molecule has 2 aromatic heterocycles. The number of aromatic nitrogens is 4. The predicted octanol–water partition coefficient (Wildman–Crippen LogP) is 2.91. The quantitative estimate of drug-likeness (QED) is 0.532. The van der Waals surface area contributed by atoms with Gasteiger partial charge in [0.1, 0.15) is 5.82 Å². The first kappa shape index (κ1) is 15.9. The van der Waals surface area contributed by atoms with Crippen LogP contribution in [0.4, 0.5) is 5.82 Å². The molecule has 0 spiro atoms. The van der Waals surface area contributed by atoms with Crippen LogP contribution in [-0.2, 0) is 0 Å². The summed E-state index contributed by atoms with van der Waals surface area (Å²) in [7, 11) is 0. The first-order valence-corrected chi connectivity index (χ1v) is 8.17. The maximum Gasteiger partial charge on any atom is 0.323 e. The van der Waals surface area contributed by atoms with Crippen molar-refractivity contribution in [3.63, 3.8) is 0 Å². The minimum Gasteiger partial charge on any atom is -0.306 e. The Kier molecular flexibility index (Phi) is 3.69. The lowest BCUT2D eigenvalue weighted by atomic mass is 10.2. The summed E-state index contributed by atoms with van der Waals surface area (Å²) < 4.78 is 1.70. The Balaban J connectivity index is 1.66. The van der Waals surface area contributed by atoms with Crippen LogP contribution >= 0.6 is 0 Å². The number of H-pyrrole nitrogens is 2. The molecule has 1 amide bonds. The van der Waals surface area contributed by atoms with Crippen molar-refractivity contribution in [2.75, 3.05) is 5.32 Å². The van der Waals surface area contributed by atoms with Gasteiger partial charge in [0.2, 0.25) is 0 Å². The van der Waals surface area contributed by atoms with Crippen LogP contribution in [0.2, 0.25) is 0 Å². The van der Waals surface area contributed by atoms with Crippen molar-refractivity contribution >= 4 is 22.8 Å². The van der Waals surface area contributed by atoms with Gasteiger partial charge in [-0.25, -0.2) is 9.48 Å². The zero-order valence-electron chi connectivity index (χ0n) is 14.3. The number of hydrogen-bond donors (Lipinski definition) is 3. The number of rotatable bonds is 3. The van der Waals surface area contributed by atoms with Crippen LogP contribution in [0.3, 0.4) is 0 Å². The van der Waals surface area contributed by atoms with Gasteiger partial charge in [-0.1, -0.05) is 17.7 Å². The lowest BCUT2D eigenvalue weighted by molar-refractivity contribution is 0.102. The molecule has 0 aliphatic carbocycles. The van der Waals surface area contributed by atoms with Crippen molar-refractivity contribution in [3.8, 4) is 5.69 Å². The highest BCUT2D eigenvalue weighted by atomic mass is 16.2. The Hall–Kier alpha value is -3.61. The van der Waals surface area contributed by atoms with E-state index in [1.807, 2.05) is 44.2 Å². The lowest BCUT2D eigenvalue weighted by Gasteiger charge is -2.09. The molecule has 7 heteroatoms. The molecule has 0 aliphatic heterocycles. The Morgan fingerprint density at radius 3 is 2.50 bits per heavy atom. The number of aromatic amines is 2.